The van der Waals surface area contributed by atoms with E-state index in [2.05, 4.69) is 95.2 Å². The Morgan fingerprint density at radius 2 is 1.48 bits per heavy atom. The zero-order chi connectivity index (χ0) is 27.3. The molecular weight excluding hydrogens is 490 g/mol. The van der Waals surface area contributed by atoms with Gasteiger partial charge in [0.25, 0.3) is 0 Å². The van der Waals surface area contributed by atoms with Crippen molar-refractivity contribution in [3.63, 3.8) is 0 Å². The molecule has 0 saturated carbocycles. The monoisotopic (exact) mass is 519 g/mol. The molecule has 1 aliphatic rings. The van der Waals surface area contributed by atoms with Gasteiger partial charge in [-0.05, 0) is 34.4 Å². The van der Waals surface area contributed by atoms with Crippen molar-refractivity contribution in [2.45, 2.75) is 13.1 Å². The van der Waals surface area contributed by atoms with Gasteiger partial charge in [-0.3, -0.25) is 0 Å². The standard InChI is InChI=1S/C35H29N5/c1-2-31(37-23-36)25-17-19-26(20-18-25)32-29-16-10-9-11-24(29)21-22-30(32)35-39-33(27-12-5-3-6-13-27)38-34(40-35)28-14-7-4-8-15-28/h2-23,33H,1H3,(H2,36,37)(H,38,39,40)/b31-2-. The van der Waals surface area contributed by atoms with E-state index in [4.69, 9.17) is 15.7 Å². The summed E-state index contributed by atoms with van der Waals surface area (Å²) in [5.74, 6) is 1.49. The molecule has 194 valence electrons. The van der Waals surface area contributed by atoms with Crippen LogP contribution in [0, 0.1) is 0 Å². The van der Waals surface area contributed by atoms with Gasteiger partial charge < -0.3 is 11.1 Å². The predicted octanol–water partition coefficient (Wildman–Crippen LogP) is 7.35. The summed E-state index contributed by atoms with van der Waals surface area (Å²) in [6.45, 7) is 1.96. The van der Waals surface area contributed by atoms with Crippen LogP contribution >= 0.6 is 0 Å². The van der Waals surface area contributed by atoms with E-state index in [9.17, 15) is 0 Å². The average Bonchev–Trinajstić information content (AvgIpc) is 3.04. The smallest absolute Gasteiger partial charge is 0.159 e. The van der Waals surface area contributed by atoms with Crippen LogP contribution in [0.2, 0.25) is 0 Å². The van der Waals surface area contributed by atoms with E-state index in [0.717, 1.165) is 50.3 Å². The molecule has 0 amide bonds. The highest BCUT2D eigenvalue weighted by molar-refractivity contribution is 6.18. The molecule has 0 aliphatic carbocycles. The molecule has 0 fully saturated rings. The number of rotatable bonds is 6. The van der Waals surface area contributed by atoms with Crippen LogP contribution in [0.25, 0.3) is 27.6 Å². The van der Waals surface area contributed by atoms with Gasteiger partial charge in [-0.15, -0.1) is 0 Å². The summed E-state index contributed by atoms with van der Waals surface area (Å²) in [5.41, 5.74) is 12.7. The van der Waals surface area contributed by atoms with Crippen LogP contribution in [0.4, 0.5) is 0 Å². The predicted molar refractivity (Wildman–Crippen MR) is 168 cm³/mol. The normalized spacial score (nSPS) is 15.5. The third kappa shape index (κ3) is 4.93. The molecule has 1 unspecified atom stereocenters. The number of hydrogen-bond acceptors (Lipinski definition) is 4. The molecule has 5 nitrogen and oxygen atoms in total. The van der Waals surface area contributed by atoms with Crippen molar-refractivity contribution in [1.29, 1.82) is 0 Å². The van der Waals surface area contributed by atoms with Crippen molar-refractivity contribution in [2.24, 2.45) is 20.7 Å². The second kappa shape index (κ2) is 11.2. The zero-order valence-corrected chi connectivity index (χ0v) is 22.2. The number of allylic oxidation sites excluding steroid dienone is 1. The maximum Gasteiger partial charge on any atom is 0.159 e. The molecule has 0 aromatic heterocycles. The fraction of sp³-hybridized carbons (Fsp3) is 0.0571. The summed E-state index contributed by atoms with van der Waals surface area (Å²) in [4.78, 5) is 14.4. The minimum atomic E-state index is -0.267. The van der Waals surface area contributed by atoms with Crippen molar-refractivity contribution >= 4 is 34.5 Å². The third-order valence-corrected chi connectivity index (χ3v) is 7.03. The van der Waals surface area contributed by atoms with Gasteiger partial charge in [0.1, 0.15) is 12.0 Å². The van der Waals surface area contributed by atoms with Gasteiger partial charge in [-0.1, -0.05) is 127 Å². The summed E-state index contributed by atoms with van der Waals surface area (Å²) in [5, 5.41) is 5.96. The van der Waals surface area contributed by atoms with Crippen molar-refractivity contribution in [1.82, 2.24) is 5.32 Å². The van der Waals surface area contributed by atoms with E-state index in [1.54, 1.807) is 0 Å². The van der Waals surface area contributed by atoms with Crippen molar-refractivity contribution < 1.29 is 0 Å². The van der Waals surface area contributed by atoms with Crippen molar-refractivity contribution in [3.05, 3.63) is 150 Å². The number of benzene rings is 5. The number of nitrogens with zero attached hydrogens (tertiary/aromatic N) is 3. The fourth-order valence-corrected chi connectivity index (χ4v) is 5.09. The maximum absolute atomic E-state index is 5.57. The lowest BCUT2D eigenvalue weighted by Gasteiger charge is -2.25. The van der Waals surface area contributed by atoms with E-state index in [0.29, 0.717) is 5.84 Å². The number of nitrogens with two attached hydrogens (primary N) is 1. The molecule has 40 heavy (non-hydrogen) atoms. The van der Waals surface area contributed by atoms with E-state index < -0.39 is 0 Å². The first-order valence-corrected chi connectivity index (χ1v) is 13.3. The van der Waals surface area contributed by atoms with Crippen LogP contribution < -0.4 is 11.1 Å². The maximum atomic E-state index is 5.57. The summed E-state index contributed by atoms with van der Waals surface area (Å²) < 4.78 is 0. The Balaban J connectivity index is 1.53. The summed E-state index contributed by atoms with van der Waals surface area (Å²) >= 11 is 0. The van der Waals surface area contributed by atoms with E-state index >= 15 is 0 Å². The summed E-state index contributed by atoms with van der Waals surface area (Å²) in [6, 6.07) is 41.7. The lowest BCUT2D eigenvalue weighted by atomic mass is 9.91. The van der Waals surface area contributed by atoms with Crippen LogP contribution in [0.5, 0.6) is 0 Å². The lowest BCUT2D eigenvalue weighted by Crippen LogP contribution is -2.34. The fourth-order valence-electron chi connectivity index (χ4n) is 5.09. The Hall–Kier alpha value is -5.29. The first kappa shape index (κ1) is 25.0. The molecule has 0 bridgehead atoms. The van der Waals surface area contributed by atoms with Gasteiger partial charge >= 0.3 is 0 Å². The number of amidine groups is 2. The Morgan fingerprint density at radius 1 is 0.775 bits per heavy atom. The Labute approximate surface area is 234 Å². The highest BCUT2D eigenvalue weighted by atomic mass is 15.2. The van der Waals surface area contributed by atoms with Gasteiger partial charge in [0.15, 0.2) is 5.84 Å². The van der Waals surface area contributed by atoms with Gasteiger partial charge in [0.2, 0.25) is 0 Å². The molecule has 1 aliphatic heterocycles. The molecular formula is C35H29N5. The van der Waals surface area contributed by atoms with Crippen LogP contribution in [0.1, 0.15) is 35.3 Å². The van der Waals surface area contributed by atoms with E-state index in [1.807, 2.05) is 49.4 Å². The van der Waals surface area contributed by atoms with Crippen LogP contribution in [0.15, 0.2) is 142 Å². The highest BCUT2D eigenvalue weighted by Gasteiger charge is 2.23. The summed E-state index contributed by atoms with van der Waals surface area (Å²) in [6.07, 6.45) is 3.02. The Bertz CT molecular complexity index is 1770. The lowest BCUT2D eigenvalue weighted by molar-refractivity contribution is 0.674. The minimum Gasteiger partial charge on any atom is -0.390 e. The average molecular weight is 520 g/mol. The van der Waals surface area contributed by atoms with Gasteiger partial charge in [0, 0.05) is 16.7 Å². The molecule has 6 rings (SSSR count). The molecule has 1 heterocycles. The SMILES string of the molecule is C/C=C(\N=C/N)c1ccc(-c2c(C3=NC(c4ccccc4)=NC(c4ccccc4)N3)ccc3ccccc23)cc1. The van der Waals surface area contributed by atoms with Crippen molar-refractivity contribution in [3.8, 4) is 11.1 Å². The molecule has 3 N–H and O–H groups in total. The second-order valence-electron chi connectivity index (χ2n) is 9.48. The van der Waals surface area contributed by atoms with Gasteiger partial charge in [-0.25, -0.2) is 15.0 Å². The molecule has 0 saturated heterocycles. The largest absolute Gasteiger partial charge is 0.390 e. The van der Waals surface area contributed by atoms with Crippen molar-refractivity contribution in [2.75, 3.05) is 0 Å². The van der Waals surface area contributed by atoms with E-state index in [-0.39, 0.29) is 6.17 Å². The zero-order valence-electron chi connectivity index (χ0n) is 22.2. The first-order chi connectivity index (χ1) is 19.7. The summed E-state index contributed by atoms with van der Waals surface area (Å²) in [7, 11) is 0. The third-order valence-electron chi connectivity index (χ3n) is 7.03. The van der Waals surface area contributed by atoms with Gasteiger partial charge in [0.05, 0.1) is 12.0 Å². The quantitative estimate of drug-likeness (QED) is 0.182. The van der Waals surface area contributed by atoms with Crippen LogP contribution in [0.3, 0.4) is 0 Å². The molecule has 5 aromatic carbocycles. The van der Waals surface area contributed by atoms with Crippen LogP contribution in [-0.2, 0) is 0 Å². The number of nitrogens with one attached hydrogen (secondary N) is 1. The number of fused-ring (bicyclic) bond motifs is 1. The topological polar surface area (TPSA) is 75.1 Å². The van der Waals surface area contributed by atoms with Gasteiger partial charge in [-0.2, -0.15) is 0 Å². The Morgan fingerprint density at radius 3 is 2.20 bits per heavy atom. The van der Waals surface area contributed by atoms with E-state index in [1.165, 1.54) is 11.7 Å². The molecule has 5 heteroatoms. The second-order valence-corrected chi connectivity index (χ2v) is 9.48. The molecule has 0 spiro atoms. The molecule has 0 radical (unpaired) electrons. The molecule has 5 aromatic rings. The Kier molecular flexibility index (Phi) is 7.01. The minimum absolute atomic E-state index is 0.267. The highest BCUT2D eigenvalue weighted by Crippen LogP contribution is 2.35. The number of aliphatic imine (C=N–C) groups is 3. The molecule has 1 atom stereocenters. The first-order valence-electron chi connectivity index (χ1n) is 13.3. The van der Waals surface area contributed by atoms with Crippen LogP contribution in [-0.4, -0.2) is 18.0 Å². The number of hydrogen-bond donors (Lipinski definition) is 2.